The fraction of sp³-hybridized carbons (Fsp3) is 0.476. The van der Waals surface area contributed by atoms with E-state index in [2.05, 4.69) is 37.3 Å². The van der Waals surface area contributed by atoms with Crippen LogP contribution in [-0.4, -0.2) is 45.0 Å². The molecule has 0 unspecified atom stereocenters. The highest BCUT2D eigenvalue weighted by Crippen LogP contribution is 2.30. The smallest absolute Gasteiger partial charge is 0.223 e. The molecule has 0 saturated carbocycles. The molecule has 5 rings (SSSR count). The number of piperidine rings is 1. The van der Waals surface area contributed by atoms with Gasteiger partial charge >= 0.3 is 0 Å². The van der Waals surface area contributed by atoms with Crippen molar-refractivity contribution in [2.24, 2.45) is 13.0 Å². The van der Waals surface area contributed by atoms with Gasteiger partial charge in [-0.25, -0.2) is 9.97 Å². The second-order valence-electron chi connectivity index (χ2n) is 7.93. The molecule has 0 N–H and O–H groups in total. The van der Waals surface area contributed by atoms with Crippen LogP contribution in [0.25, 0.3) is 11.0 Å². The summed E-state index contributed by atoms with van der Waals surface area (Å²) in [5, 5.41) is 3.25. The van der Waals surface area contributed by atoms with E-state index >= 15 is 0 Å². The van der Waals surface area contributed by atoms with E-state index in [0.29, 0.717) is 18.2 Å². The molecule has 0 spiro atoms. The van der Waals surface area contributed by atoms with Crippen LogP contribution in [0.1, 0.15) is 29.7 Å². The van der Waals surface area contributed by atoms with Gasteiger partial charge in [0.25, 0.3) is 0 Å². The summed E-state index contributed by atoms with van der Waals surface area (Å²) in [5.74, 6) is 1.82. The maximum Gasteiger partial charge on any atom is 0.223 e. The second kappa shape index (κ2) is 7.20. The van der Waals surface area contributed by atoms with E-state index in [0.717, 1.165) is 62.3 Å². The molecule has 3 aromatic heterocycles. The summed E-state index contributed by atoms with van der Waals surface area (Å²) >= 11 is 1.82. The summed E-state index contributed by atoms with van der Waals surface area (Å²) in [6, 6.07) is 4.26. The third-order valence-electron chi connectivity index (χ3n) is 6.18. The Morgan fingerprint density at radius 2 is 2.07 bits per heavy atom. The lowest BCUT2D eigenvalue weighted by Crippen LogP contribution is -2.39. The maximum atomic E-state index is 12.8. The van der Waals surface area contributed by atoms with E-state index in [1.54, 1.807) is 6.33 Å². The van der Waals surface area contributed by atoms with Gasteiger partial charge in [-0.1, -0.05) is 0 Å². The third-order valence-corrected chi connectivity index (χ3v) is 7.20. The molecule has 1 amide bonds. The number of carbonyl (C=O) groups excluding carboxylic acids is 1. The molecule has 6 nitrogen and oxygen atoms in total. The topological polar surface area (TPSA) is 54.3 Å². The monoisotopic (exact) mass is 395 g/mol. The Hall–Kier alpha value is -2.41. The van der Waals surface area contributed by atoms with Gasteiger partial charge in [-0.3, -0.25) is 4.79 Å². The molecule has 3 aromatic rings. The van der Waals surface area contributed by atoms with Crippen LogP contribution in [0.15, 0.2) is 30.0 Å². The first-order valence-corrected chi connectivity index (χ1v) is 10.9. The zero-order valence-corrected chi connectivity index (χ0v) is 17.0. The minimum atomic E-state index is 0.322. The minimum absolute atomic E-state index is 0.322. The van der Waals surface area contributed by atoms with Gasteiger partial charge in [0.15, 0.2) is 0 Å². The first-order valence-electron chi connectivity index (χ1n) is 10.0. The van der Waals surface area contributed by atoms with Crippen LogP contribution in [-0.2, 0) is 24.8 Å². The highest BCUT2D eigenvalue weighted by molar-refractivity contribution is 7.10. The van der Waals surface area contributed by atoms with Crippen LogP contribution in [0, 0.1) is 5.92 Å². The largest absolute Gasteiger partial charge is 0.356 e. The summed E-state index contributed by atoms with van der Waals surface area (Å²) in [6.07, 6.45) is 7.47. The number of fused-ring (bicyclic) bond motifs is 2. The molecule has 0 aliphatic carbocycles. The summed E-state index contributed by atoms with van der Waals surface area (Å²) < 4.78 is 2.03. The number of aryl methyl sites for hydroxylation is 1. The summed E-state index contributed by atoms with van der Waals surface area (Å²) in [5.41, 5.74) is 2.32. The van der Waals surface area contributed by atoms with Crippen LogP contribution in [0.2, 0.25) is 0 Å². The molecular formula is C21H25N5OS. The quantitative estimate of drug-likeness (QED) is 0.683. The Bertz CT molecular complexity index is 1000. The Morgan fingerprint density at radius 3 is 2.93 bits per heavy atom. The molecule has 0 aromatic carbocycles. The van der Waals surface area contributed by atoms with Gasteiger partial charge in [-0.05, 0) is 48.3 Å². The van der Waals surface area contributed by atoms with Gasteiger partial charge in [-0.2, -0.15) is 0 Å². The van der Waals surface area contributed by atoms with Gasteiger partial charge in [-0.15, -0.1) is 11.3 Å². The van der Waals surface area contributed by atoms with Gasteiger partial charge < -0.3 is 14.4 Å². The Kier molecular flexibility index (Phi) is 4.55. The van der Waals surface area contributed by atoms with Crippen molar-refractivity contribution in [3.63, 3.8) is 0 Å². The second-order valence-corrected chi connectivity index (χ2v) is 8.93. The van der Waals surface area contributed by atoms with Crippen molar-refractivity contribution < 1.29 is 4.79 Å². The molecule has 146 valence electrons. The third kappa shape index (κ3) is 3.17. The van der Waals surface area contributed by atoms with Crippen LogP contribution in [0.4, 0.5) is 5.82 Å². The molecule has 1 saturated heterocycles. The van der Waals surface area contributed by atoms with Crippen molar-refractivity contribution >= 4 is 34.1 Å². The Balaban J connectivity index is 1.20. The molecule has 7 heteroatoms. The highest BCUT2D eigenvalue weighted by Gasteiger charge is 2.27. The number of carbonyl (C=O) groups is 1. The predicted octanol–water partition coefficient (Wildman–Crippen LogP) is 3.22. The lowest BCUT2D eigenvalue weighted by Gasteiger charge is -2.34. The number of amides is 1. The minimum Gasteiger partial charge on any atom is -0.356 e. The van der Waals surface area contributed by atoms with Crippen molar-refractivity contribution in [3.05, 3.63) is 40.5 Å². The van der Waals surface area contributed by atoms with E-state index < -0.39 is 0 Å². The molecular weight excluding hydrogens is 370 g/mol. The zero-order valence-electron chi connectivity index (χ0n) is 16.2. The molecule has 2 aliphatic rings. The lowest BCUT2D eigenvalue weighted by molar-refractivity contribution is -0.133. The number of thiophene rings is 1. The van der Waals surface area contributed by atoms with Gasteiger partial charge in [0.05, 0.1) is 5.39 Å². The number of nitrogens with zero attached hydrogens (tertiary/aromatic N) is 5. The standard InChI is InChI=1S/C21H25N5OS/c1-24-7-4-17-20(24)22-14-23-21(17)25-8-2-15(3-9-25)12-19(27)26-10-5-18-16(13-26)6-11-28-18/h4,6-7,11,14-15H,2-3,5,8-10,12-13H2,1H3. The maximum absolute atomic E-state index is 12.8. The van der Waals surface area contributed by atoms with E-state index in [9.17, 15) is 4.79 Å². The van der Waals surface area contributed by atoms with Crippen molar-refractivity contribution in [1.82, 2.24) is 19.4 Å². The number of rotatable bonds is 3. The number of hydrogen-bond acceptors (Lipinski definition) is 5. The number of aromatic nitrogens is 3. The van der Waals surface area contributed by atoms with Crippen LogP contribution < -0.4 is 4.90 Å². The zero-order chi connectivity index (χ0) is 19.1. The lowest BCUT2D eigenvalue weighted by atomic mass is 9.92. The normalized spacial score (nSPS) is 17.9. The Morgan fingerprint density at radius 1 is 1.21 bits per heavy atom. The van der Waals surface area contributed by atoms with Gasteiger partial charge in [0, 0.05) is 50.7 Å². The fourth-order valence-electron chi connectivity index (χ4n) is 4.50. The first kappa shape index (κ1) is 17.7. The summed E-state index contributed by atoms with van der Waals surface area (Å²) in [4.78, 5) is 27.6. The van der Waals surface area contributed by atoms with Crippen LogP contribution in [0.3, 0.4) is 0 Å². The van der Waals surface area contributed by atoms with Crippen molar-refractivity contribution in [3.8, 4) is 0 Å². The predicted molar refractivity (Wildman–Crippen MR) is 112 cm³/mol. The van der Waals surface area contributed by atoms with Crippen molar-refractivity contribution in [2.75, 3.05) is 24.5 Å². The molecule has 28 heavy (non-hydrogen) atoms. The number of hydrogen-bond donors (Lipinski definition) is 0. The summed E-state index contributed by atoms with van der Waals surface area (Å²) in [7, 11) is 2.01. The molecule has 5 heterocycles. The van der Waals surface area contributed by atoms with Crippen LogP contribution in [0.5, 0.6) is 0 Å². The van der Waals surface area contributed by atoms with Crippen molar-refractivity contribution in [1.29, 1.82) is 0 Å². The summed E-state index contributed by atoms with van der Waals surface area (Å²) in [6.45, 7) is 3.57. The average Bonchev–Trinajstić information content (AvgIpc) is 3.35. The van der Waals surface area contributed by atoms with E-state index in [4.69, 9.17) is 0 Å². The van der Waals surface area contributed by atoms with E-state index in [1.807, 2.05) is 29.1 Å². The average molecular weight is 396 g/mol. The molecule has 0 bridgehead atoms. The Labute approximate surface area is 168 Å². The van der Waals surface area contributed by atoms with E-state index in [1.165, 1.54) is 10.4 Å². The van der Waals surface area contributed by atoms with Gasteiger partial charge in [0.2, 0.25) is 5.91 Å². The first-order chi connectivity index (χ1) is 13.7. The molecule has 0 atom stereocenters. The SMILES string of the molecule is Cn1ccc2c(N3CCC(CC(=O)N4CCc5sccc5C4)CC3)ncnc21. The number of anilines is 1. The van der Waals surface area contributed by atoms with E-state index in [-0.39, 0.29) is 0 Å². The molecule has 2 aliphatic heterocycles. The van der Waals surface area contributed by atoms with Crippen molar-refractivity contribution in [2.45, 2.75) is 32.2 Å². The van der Waals surface area contributed by atoms with Crippen LogP contribution >= 0.6 is 11.3 Å². The van der Waals surface area contributed by atoms with Gasteiger partial charge in [0.1, 0.15) is 17.8 Å². The fourth-order valence-corrected chi connectivity index (χ4v) is 5.39. The highest BCUT2D eigenvalue weighted by atomic mass is 32.1. The molecule has 0 radical (unpaired) electrons. The molecule has 1 fully saturated rings.